The average Bonchev–Trinajstić information content (AvgIpc) is 3.15. The van der Waals surface area contributed by atoms with Gasteiger partial charge >= 0.3 is 11.9 Å². The van der Waals surface area contributed by atoms with Crippen LogP contribution < -0.4 is 21.5 Å². The number of hydrogen-bond acceptors (Lipinski definition) is 5. The second-order valence-corrected chi connectivity index (χ2v) is 7.36. The molecular weight excluding hydrogens is 425 g/mol. The highest BCUT2D eigenvalue weighted by Gasteiger charge is 2.30. The summed E-state index contributed by atoms with van der Waals surface area (Å²) in [5.74, 6) is 6.23. The quantitative estimate of drug-likeness (QED) is 0.615. The summed E-state index contributed by atoms with van der Waals surface area (Å²) >= 11 is 0. The van der Waals surface area contributed by atoms with E-state index < -0.39 is 23.0 Å². The van der Waals surface area contributed by atoms with Gasteiger partial charge in [-0.2, -0.15) is 18.2 Å². The number of imidazole rings is 1. The van der Waals surface area contributed by atoms with Crippen molar-refractivity contribution in [3.63, 3.8) is 0 Å². The molecule has 0 radical (unpaired) electrons. The smallest absolute Gasteiger partial charge is 0.340 e. The Balaban J connectivity index is 2.01. The molecule has 32 heavy (non-hydrogen) atoms. The van der Waals surface area contributed by atoms with Crippen molar-refractivity contribution in [3.05, 3.63) is 50.7 Å². The normalized spacial score (nSPS) is 14.5. The van der Waals surface area contributed by atoms with E-state index in [4.69, 9.17) is 0 Å². The lowest BCUT2D eigenvalue weighted by molar-refractivity contribution is -0.137. The van der Waals surface area contributed by atoms with E-state index in [1.54, 1.807) is 11.5 Å². The molecular formula is C21H21F3N6O2. The third-order valence-electron chi connectivity index (χ3n) is 5.39. The molecule has 11 heteroatoms. The Kier molecular flexibility index (Phi) is 5.56. The van der Waals surface area contributed by atoms with Crippen LogP contribution in [0.1, 0.15) is 12.5 Å². The number of hydrogen-bond donors (Lipinski definition) is 1. The molecule has 0 spiro atoms. The molecule has 2 aromatic heterocycles. The van der Waals surface area contributed by atoms with Crippen molar-refractivity contribution in [2.45, 2.75) is 19.6 Å². The van der Waals surface area contributed by atoms with Gasteiger partial charge in [0.05, 0.1) is 17.8 Å². The third kappa shape index (κ3) is 3.67. The fraction of sp³-hybridized carbons (Fsp3) is 0.381. The summed E-state index contributed by atoms with van der Waals surface area (Å²) in [4.78, 5) is 32.7. The second-order valence-electron chi connectivity index (χ2n) is 7.36. The van der Waals surface area contributed by atoms with E-state index in [-0.39, 0.29) is 23.4 Å². The molecule has 4 rings (SSSR count). The van der Waals surface area contributed by atoms with E-state index >= 15 is 0 Å². The third-order valence-corrected chi connectivity index (χ3v) is 5.39. The monoisotopic (exact) mass is 446 g/mol. The van der Waals surface area contributed by atoms with E-state index in [2.05, 4.69) is 22.1 Å². The minimum Gasteiger partial charge on any atom is -0.340 e. The van der Waals surface area contributed by atoms with Gasteiger partial charge in [-0.15, -0.1) is 5.92 Å². The average molecular weight is 446 g/mol. The van der Waals surface area contributed by atoms with Gasteiger partial charge in [0.15, 0.2) is 11.2 Å². The van der Waals surface area contributed by atoms with Gasteiger partial charge in [0.25, 0.3) is 5.56 Å². The van der Waals surface area contributed by atoms with Crippen LogP contribution in [0.25, 0.3) is 16.9 Å². The highest BCUT2D eigenvalue weighted by molar-refractivity contribution is 5.76. The number of aromatic nitrogens is 4. The van der Waals surface area contributed by atoms with Crippen LogP contribution in [0.15, 0.2) is 33.9 Å². The van der Waals surface area contributed by atoms with Crippen molar-refractivity contribution in [1.29, 1.82) is 0 Å². The Labute approximate surface area is 180 Å². The molecule has 0 amide bonds. The van der Waals surface area contributed by atoms with Crippen LogP contribution in [0.2, 0.25) is 0 Å². The Morgan fingerprint density at radius 3 is 2.38 bits per heavy atom. The van der Waals surface area contributed by atoms with Crippen molar-refractivity contribution in [1.82, 2.24) is 24.0 Å². The van der Waals surface area contributed by atoms with Crippen LogP contribution in [0.5, 0.6) is 0 Å². The number of piperazine rings is 1. The van der Waals surface area contributed by atoms with Gasteiger partial charge in [-0.05, 0) is 31.2 Å². The Morgan fingerprint density at radius 2 is 1.78 bits per heavy atom. The molecule has 0 bridgehead atoms. The van der Waals surface area contributed by atoms with Gasteiger partial charge < -0.3 is 10.2 Å². The van der Waals surface area contributed by atoms with E-state index in [1.165, 1.54) is 23.7 Å². The maximum absolute atomic E-state index is 13.1. The molecule has 1 aromatic carbocycles. The molecule has 0 aliphatic carbocycles. The molecule has 0 unspecified atom stereocenters. The largest absolute Gasteiger partial charge is 0.416 e. The van der Waals surface area contributed by atoms with Crippen LogP contribution in [-0.2, 0) is 19.8 Å². The maximum Gasteiger partial charge on any atom is 0.416 e. The standard InChI is InChI=1S/C21H21F3N6O2/c1-3-4-11-29-16-17(26-19(29)28-12-9-25-10-13-28)30(20(32)27(2)18(16)31)15-7-5-14(6-8-15)21(22,23)24/h5-8,25H,9-13H2,1-2H3. The van der Waals surface area contributed by atoms with E-state index in [0.717, 1.165) is 29.8 Å². The van der Waals surface area contributed by atoms with Crippen molar-refractivity contribution < 1.29 is 13.2 Å². The van der Waals surface area contributed by atoms with E-state index in [9.17, 15) is 22.8 Å². The van der Waals surface area contributed by atoms with Gasteiger partial charge in [-0.3, -0.25) is 13.9 Å². The Morgan fingerprint density at radius 1 is 1.12 bits per heavy atom. The molecule has 1 aliphatic rings. The lowest BCUT2D eigenvalue weighted by atomic mass is 10.2. The topological polar surface area (TPSA) is 77.1 Å². The first-order valence-corrected chi connectivity index (χ1v) is 9.99. The minimum atomic E-state index is -4.50. The van der Waals surface area contributed by atoms with Crippen molar-refractivity contribution in [2.75, 3.05) is 31.1 Å². The number of halogens is 3. The zero-order valence-electron chi connectivity index (χ0n) is 17.5. The number of anilines is 1. The first-order valence-electron chi connectivity index (χ1n) is 9.99. The van der Waals surface area contributed by atoms with E-state index in [0.29, 0.717) is 19.0 Å². The van der Waals surface area contributed by atoms with E-state index in [1.807, 2.05) is 4.90 Å². The predicted octanol–water partition coefficient (Wildman–Crippen LogP) is 1.34. The van der Waals surface area contributed by atoms with Crippen LogP contribution in [0.3, 0.4) is 0 Å². The summed E-state index contributed by atoms with van der Waals surface area (Å²) in [6, 6.07) is 4.19. The molecule has 0 atom stereocenters. The fourth-order valence-electron chi connectivity index (χ4n) is 3.73. The number of rotatable bonds is 3. The molecule has 3 aromatic rings. The maximum atomic E-state index is 13.1. The lowest BCUT2D eigenvalue weighted by Crippen LogP contribution is -2.44. The predicted molar refractivity (Wildman–Crippen MR) is 114 cm³/mol. The van der Waals surface area contributed by atoms with Crippen LogP contribution in [-0.4, -0.2) is 44.9 Å². The molecule has 1 aliphatic heterocycles. The van der Waals surface area contributed by atoms with Crippen molar-refractivity contribution in [3.8, 4) is 17.5 Å². The Hall–Kier alpha value is -3.52. The minimum absolute atomic E-state index is 0.0873. The number of alkyl halides is 3. The molecule has 3 heterocycles. The number of fused-ring (bicyclic) bond motifs is 1. The molecule has 168 valence electrons. The highest BCUT2D eigenvalue weighted by Crippen LogP contribution is 2.30. The first-order chi connectivity index (χ1) is 15.2. The van der Waals surface area contributed by atoms with Gasteiger partial charge in [-0.25, -0.2) is 9.36 Å². The summed E-state index contributed by atoms with van der Waals surface area (Å²) in [6.45, 7) is 4.62. The summed E-state index contributed by atoms with van der Waals surface area (Å²) in [7, 11) is 1.33. The second kappa shape index (κ2) is 8.20. The van der Waals surface area contributed by atoms with Gasteiger partial charge in [0.2, 0.25) is 5.95 Å². The molecule has 1 N–H and O–H groups in total. The SMILES string of the molecule is CC#CCn1c(N2CCNCC2)nc2c1c(=O)n(C)c(=O)n2-c1ccc(C(F)(F)F)cc1. The van der Waals surface area contributed by atoms with Crippen LogP contribution in [0, 0.1) is 11.8 Å². The zero-order valence-corrected chi connectivity index (χ0v) is 17.5. The molecule has 1 saturated heterocycles. The molecule has 0 saturated carbocycles. The zero-order chi connectivity index (χ0) is 23.0. The molecule has 1 fully saturated rings. The van der Waals surface area contributed by atoms with Gasteiger partial charge in [0, 0.05) is 33.2 Å². The fourth-order valence-corrected chi connectivity index (χ4v) is 3.73. The molecule has 8 nitrogen and oxygen atoms in total. The summed E-state index contributed by atoms with van der Waals surface area (Å²) in [5.41, 5.74) is -1.63. The van der Waals surface area contributed by atoms with Crippen molar-refractivity contribution in [2.24, 2.45) is 7.05 Å². The van der Waals surface area contributed by atoms with Crippen molar-refractivity contribution >= 4 is 17.1 Å². The number of nitrogens with one attached hydrogen (secondary N) is 1. The number of benzene rings is 1. The summed E-state index contributed by atoms with van der Waals surface area (Å²) < 4.78 is 42.8. The first kappa shape index (κ1) is 21.7. The highest BCUT2D eigenvalue weighted by atomic mass is 19.4. The summed E-state index contributed by atoms with van der Waals surface area (Å²) in [5, 5.41) is 3.25. The van der Waals surface area contributed by atoms with Crippen LogP contribution in [0.4, 0.5) is 19.1 Å². The lowest BCUT2D eigenvalue weighted by Gasteiger charge is -2.28. The van der Waals surface area contributed by atoms with Crippen LogP contribution >= 0.6 is 0 Å². The Bertz CT molecular complexity index is 1330. The summed E-state index contributed by atoms with van der Waals surface area (Å²) in [6.07, 6.45) is -4.50. The van der Waals surface area contributed by atoms with Gasteiger partial charge in [-0.1, -0.05) is 5.92 Å². The van der Waals surface area contributed by atoms with Gasteiger partial charge in [0.1, 0.15) is 0 Å². The number of nitrogens with zero attached hydrogens (tertiary/aromatic N) is 5.